The molecule has 0 heterocycles. The average molecular weight is 307 g/mol. The lowest BCUT2D eigenvalue weighted by Crippen LogP contribution is -2.40. The SMILES string of the molecule is CCSCc1ccc(C(=O)N[C@@H]2CCC[C@@H]2C(=O)O)cc1. The van der Waals surface area contributed by atoms with Gasteiger partial charge >= 0.3 is 5.97 Å². The fraction of sp³-hybridized carbons (Fsp3) is 0.500. The maximum absolute atomic E-state index is 12.2. The van der Waals surface area contributed by atoms with Crippen molar-refractivity contribution < 1.29 is 14.7 Å². The molecule has 1 aliphatic carbocycles. The molecule has 1 aromatic carbocycles. The van der Waals surface area contributed by atoms with Crippen LogP contribution in [0.3, 0.4) is 0 Å². The number of hydrogen-bond acceptors (Lipinski definition) is 3. The molecule has 0 bridgehead atoms. The van der Waals surface area contributed by atoms with Crippen LogP contribution in [0.1, 0.15) is 42.1 Å². The van der Waals surface area contributed by atoms with Crippen LogP contribution in [0.15, 0.2) is 24.3 Å². The number of rotatable bonds is 6. The van der Waals surface area contributed by atoms with Crippen molar-refractivity contribution >= 4 is 23.6 Å². The first-order valence-corrected chi connectivity index (χ1v) is 8.47. The van der Waals surface area contributed by atoms with Gasteiger partial charge in [-0.2, -0.15) is 11.8 Å². The van der Waals surface area contributed by atoms with Crippen molar-refractivity contribution in [1.82, 2.24) is 5.32 Å². The van der Waals surface area contributed by atoms with Crippen LogP contribution >= 0.6 is 11.8 Å². The second-order valence-corrected chi connectivity index (χ2v) is 6.56. The van der Waals surface area contributed by atoms with Gasteiger partial charge in [-0.3, -0.25) is 9.59 Å². The van der Waals surface area contributed by atoms with Gasteiger partial charge < -0.3 is 10.4 Å². The lowest BCUT2D eigenvalue weighted by Gasteiger charge is -2.17. The number of carbonyl (C=O) groups excluding carboxylic acids is 1. The van der Waals surface area contributed by atoms with Gasteiger partial charge in [0.25, 0.3) is 5.91 Å². The largest absolute Gasteiger partial charge is 0.481 e. The molecular weight excluding hydrogens is 286 g/mol. The highest BCUT2D eigenvalue weighted by atomic mass is 32.2. The molecule has 4 nitrogen and oxygen atoms in total. The van der Waals surface area contributed by atoms with Crippen LogP contribution < -0.4 is 5.32 Å². The Morgan fingerprint density at radius 2 is 2.00 bits per heavy atom. The van der Waals surface area contributed by atoms with Gasteiger partial charge in [0, 0.05) is 17.4 Å². The highest BCUT2D eigenvalue weighted by Gasteiger charge is 2.33. The Hall–Kier alpha value is -1.49. The number of benzene rings is 1. The molecule has 2 atom stereocenters. The monoisotopic (exact) mass is 307 g/mol. The number of carboxylic acids is 1. The van der Waals surface area contributed by atoms with E-state index in [2.05, 4.69) is 12.2 Å². The van der Waals surface area contributed by atoms with Crippen LogP contribution in [-0.4, -0.2) is 28.8 Å². The molecule has 1 aromatic rings. The first-order valence-electron chi connectivity index (χ1n) is 7.32. The van der Waals surface area contributed by atoms with Crippen molar-refractivity contribution in [3.05, 3.63) is 35.4 Å². The van der Waals surface area contributed by atoms with Gasteiger partial charge in [0.1, 0.15) is 0 Å². The molecule has 0 spiro atoms. The van der Waals surface area contributed by atoms with Gasteiger partial charge in [0.15, 0.2) is 0 Å². The number of amides is 1. The maximum Gasteiger partial charge on any atom is 0.308 e. The summed E-state index contributed by atoms with van der Waals surface area (Å²) in [6.45, 7) is 2.12. The van der Waals surface area contributed by atoms with E-state index in [0.29, 0.717) is 12.0 Å². The summed E-state index contributed by atoms with van der Waals surface area (Å²) < 4.78 is 0. The zero-order valence-electron chi connectivity index (χ0n) is 12.2. The minimum absolute atomic E-state index is 0.178. The molecule has 1 fully saturated rings. The molecular formula is C16H21NO3S. The summed E-state index contributed by atoms with van der Waals surface area (Å²) in [5, 5.41) is 12.0. The second kappa shape index (κ2) is 7.50. The molecule has 0 radical (unpaired) electrons. The number of carbonyl (C=O) groups is 2. The molecule has 2 N–H and O–H groups in total. The predicted molar refractivity (Wildman–Crippen MR) is 84.5 cm³/mol. The van der Waals surface area contributed by atoms with Crippen molar-refractivity contribution in [1.29, 1.82) is 0 Å². The van der Waals surface area contributed by atoms with Gasteiger partial charge in [0.05, 0.1) is 5.92 Å². The van der Waals surface area contributed by atoms with E-state index >= 15 is 0 Å². The van der Waals surface area contributed by atoms with Gasteiger partial charge in [-0.15, -0.1) is 0 Å². The number of carboxylic acid groups (broad SMARTS) is 1. The summed E-state index contributed by atoms with van der Waals surface area (Å²) in [5.74, 6) is 0.574. The molecule has 1 saturated carbocycles. The molecule has 0 unspecified atom stereocenters. The summed E-state index contributed by atoms with van der Waals surface area (Å²) in [7, 11) is 0. The van der Waals surface area contributed by atoms with Crippen LogP contribution in [0.4, 0.5) is 0 Å². The quantitative estimate of drug-likeness (QED) is 0.848. The second-order valence-electron chi connectivity index (χ2n) is 5.29. The van der Waals surface area contributed by atoms with Crippen molar-refractivity contribution in [2.45, 2.75) is 38.0 Å². The number of nitrogens with one attached hydrogen (secondary N) is 1. The molecule has 1 amide bonds. The van der Waals surface area contributed by atoms with Gasteiger partial charge in [-0.1, -0.05) is 25.5 Å². The third-order valence-electron chi connectivity index (χ3n) is 3.84. The molecule has 0 aliphatic heterocycles. The molecule has 1 aliphatic rings. The van der Waals surface area contributed by atoms with E-state index in [1.165, 1.54) is 5.56 Å². The third kappa shape index (κ3) is 4.24. The smallest absolute Gasteiger partial charge is 0.308 e. The Kier molecular flexibility index (Phi) is 5.67. The summed E-state index contributed by atoms with van der Waals surface area (Å²) in [5.41, 5.74) is 1.79. The molecule has 2 rings (SSSR count). The van der Waals surface area contributed by atoms with Crippen LogP contribution in [0.2, 0.25) is 0 Å². The van der Waals surface area contributed by atoms with Crippen molar-refractivity contribution in [2.75, 3.05) is 5.75 Å². The van der Waals surface area contributed by atoms with Crippen LogP contribution in [0.5, 0.6) is 0 Å². The standard InChI is InChI=1S/C16H21NO3S/c1-2-21-10-11-6-8-12(9-7-11)15(18)17-14-5-3-4-13(14)16(19)20/h6-9,13-14H,2-5,10H2,1H3,(H,17,18)(H,19,20)/t13-,14+/m0/s1. The fourth-order valence-electron chi connectivity index (χ4n) is 2.65. The fourth-order valence-corrected chi connectivity index (χ4v) is 3.28. The number of aliphatic carboxylic acids is 1. The zero-order chi connectivity index (χ0) is 15.2. The molecule has 0 saturated heterocycles. The Balaban J connectivity index is 1.95. The molecule has 21 heavy (non-hydrogen) atoms. The first kappa shape index (κ1) is 15.9. The van der Waals surface area contributed by atoms with Crippen LogP contribution in [-0.2, 0) is 10.5 Å². The molecule has 114 valence electrons. The van der Waals surface area contributed by atoms with Gasteiger partial charge in [0.2, 0.25) is 0 Å². The van der Waals surface area contributed by atoms with E-state index in [-0.39, 0.29) is 11.9 Å². The van der Waals surface area contributed by atoms with E-state index in [9.17, 15) is 9.59 Å². The molecule has 0 aromatic heterocycles. The Bertz CT molecular complexity index is 501. The predicted octanol–water partition coefficient (Wildman–Crippen LogP) is 2.92. The lowest BCUT2D eigenvalue weighted by atomic mass is 10.0. The average Bonchev–Trinajstić information content (AvgIpc) is 2.94. The minimum Gasteiger partial charge on any atom is -0.481 e. The van der Waals surface area contributed by atoms with Crippen LogP contribution in [0, 0.1) is 5.92 Å². The van der Waals surface area contributed by atoms with E-state index in [1.807, 2.05) is 36.0 Å². The minimum atomic E-state index is -0.815. The summed E-state index contributed by atoms with van der Waals surface area (Å²) in [6.07, 6.45) is 2.25. The number of thioether (sulfide) groups is 1. The maximum atomic E-state index is 12.2. The highest BCUT2D eigenvalue weighted by Crippen LogP contribution is 2.26. The normalized spacial score (nSPS) is 21.2. The van der Waals surface area contributed by atoms with Gasteiger partial charge in [-0.05, 0) is 36.3 Å². The van der Waals surface area contributed by atoms with Crippen LogP contribution in [0.25, 0.3) is 0 Å². The summed E-state index contributed by atoms with van der Waals surface area (Å²) in [6, 6.07) is 7.30. The Morgan fingerprint density at radius 3 is 2.62 bits per heavy atom. The zero-order valence-corrected chi connectivity index (χ0v) is 13.0. The third-order valence-corrected chi connectivity index (χ3v) is 4.78. The molecule has 5 heteroatoms. The summed E-state index contributed by atoms with van der Waals surface area (Å²) >= 11 is 1.84. The first-order chi connectivity index (χ1) is 10.1. The number of hydrogen-bond donors (Lipinski definition) is 2. The Labute approximate surface area is 129 Å². The van der Waals surface area contributed by atoms with Crippen molar-refractivity contribution in [3.8, 4) is 0 Å². The van der Waals surface area contributed by atoms with E-state index in [4.69, 9.17) is 5.11 Å². The highest BCUT2D eigenvalue weighted by molar-refractivity contribution is 7.98. The lowest BCUT2D eigenvalue weighted by molar-refractivity contribution is -0.142. The van der Waals surface area contributed by atoms with E-state index < -0.39 is 11.9 Å². The van der Waals surface area contributed by atoms with E-state index in [1.54, 1.807) is 0 Å². The van der Waals surface area contributed by atoms with Gasteiger partial charge in [-0.25, -0.2) is 0 Å². The Morgan fingerprint density at radius 1 is 1.29 bits per heavy atom. The topological polar surface area (TPSA) is 66.4 Å². The van der Waals surface area contributed by atoms with Crippen molar-refractivity contribution in [2.24, 2.45) is 5.92 Å². The summed E-state index contributed by atoms with van der Waals surface area (Å²) in [4.78, 5) is 23.3. The van der Waals surface area contributed by atoms with Crippen molar-refractivity contribution in [3.63, 3.8) is 0 Å². The van der Waals surface area contributed by atoms with E-state index in [0.717, 1.165) is 24.3 Å².